The van der Waals surface area contributed by atoms with E-state index in [1.807, 2.05) is 0 Å². The number of nitrogens with two attached hydrogens (primary N) is 1. The van der Waals surface area contributed by atoms with Crippen LogP contribution < -0.4 is 11.1 Å². The van der Waals surface area contributed by atoms with Gasteiger partial charge in [0, 0.05) is 25.0 Å². The van der Waals surface area contributed by atoms with Crippen molar-refractivity contribution in [3.05, 3.63) is 0 Å². The topological polar surface area (TPSA) is 75.4 Å². The average Bonchev–Trinajstić information content (AvgIpc) is 2.32. The van der Waals surface area contributed by atoms with Gasteiger partial charge in [-0.15, -0.1) is 0 Å². The Morgan fingerprint density at radius 1 is 1.39 bits per heavy atom. The number of nitrogens with zero attached hydrogens (tertiary/aromatic N) is 1. The van der Waals surface area contributed by atoms with Gasteiger partial charge in [0.2, 0.25) is 11.8 Å². The molecule has 0 aromatic rings. The SMILES string of the molecule is CC1CC(N)CCC1C(=O)N1CCNC(=O)C1C. The molecule has 4 atom stereocenters. The lowest BCUT2D eigenvalue weighted by atomic mass is 9.77. The summed E-state index contributed by atoms with van der Waals surface area (Å²) in [4.78, 5) is 25.9. The van der Waals surface area contributed by atoms with Gasteiger partial charge in [-0.2, -0.15) is 0 Å². The fourth-order valence-electron chi connectivity index (χ4n) is 3.10. The Labute approximate surface area is 108 Å². The fourth-order valence-corrected chi connectivity index (χ4v) is 3.10. The third-order valence-electron chi connectivity index (χ3n) is 4.31. The van der Waals surface area contributed by atoms with E-state index in [0.29, 0.717) is 19.0 Å². The van der Waals surface area contributed by atoms with Crippen LogP contribution in [0.2, 0.25) is 0 Å². The van der Waals surface area contributed by atoms with Crippen LogP contribution in [0.4, 0.5) is 0 Å². The summed E-state index contributed by atoms with van der Waals surface area (Å²) in [6.45, 7) is 5.08. The number of hydrogen-bond acceptors (Lipinski definition) is 3. The van der Waals surface area contributed by atoms with Crippen LogP contribution in [-0.2, 0) is 9.59 Å². The number of carbonyl (C=O) groups excluding carboxylic acids is 2. The smallest absolute Gasteiger partial charge is 0.242 e. The van der Waals surface area contributed by atoms with Crippen LogP contribution in [0.3, 0.4) is 0 Å². The third-order valence-corrected chi connectivity index (χ3v) is 4.31. The lowest BCUT2D eigenvalue weighted by molar-refractivity contribution is -0.147. The largest absolute Gasteiger partial charge is 0.353 e. The summed E-state index contributed by atoms with van der Waals surface area (Å²) in [6.07, 6.45) is 2.67. The van der Waals surface area contributed by atoms with E-state index in [2.05, 4.69) is 12.2 Å². The van der Waals surface area contributed by atoms with Gasteiger partial charge in [0.15, 0.2) is 0 Å². The van der Waals surface area contributed by atoms with Crippen LogP contribution in [0.15, 0.2) is 0 Å². The van der Waals surface area contributed by atoms with E-state index >= 15 is 0 Å². The highest BCUT2D eigenvalue weighted by Crippen LogP contribution is 2.31. The standard InChI is InChI=1S/C13H23N3O2/c1-8-7-10(14)3-4-11(8)13(18)16-6-5-15-12(17)9(16)2/h8-11H,3-7,14H2,1-2H3,(H,15,17). The van der Waals surface area contributed by atoms with Crippen LogP contribution in [0.25, 0.3) is 0 Å². The molecule has 1 heterocycles. The maximum atomic E-state index is 12.5. The second-order valence-corrected chi connectivity index (χ2v) is 5.66. The summed E-state index contributed by atoms with van der Waals surface area (Å²) in [5.41, 5.74) is 5.93. The zero-order valence-corrected chi connectivity index (χ0v) is 11.2. The van der Waals surface area contributed by atoms with Gasteiger partial charge in [0.25, 0.3) is 0 Å². The van der Waals surface area contributed by atoms with Gasteiger partial charge in [-0.25, -0.2) is 0 Å². The normalized spacial score (nSPS) is 37.3. The van der Waals surface area contributed by atoms with Gasteiger partial charge in [0.1, 0.15) is 6.04 Å². The van der Waals surface area contributed by atoms with E-state index in [1.165, 1.54) is 0 Å². The van der Waals surface area contributed by atoms with Crippen molar-refractivity contribution in [3.8, 4) is 0 Å². The minimum Gasteiger partial charge on any atom is -0.353 e. The van der Waals surface area contributed by atoms with Crippen molar-refractivity contribution in [1.82, 2.24) is 10.2 Å². The monoisotopic (exact) mass is 253 g/mol. The van der Waals surface area contributed by atoms with E-state index in [1.54, 1.807) is 11.8 Å². The molecular weight excluding hydrogens is 230 g/mol. The number of rotatable bonds is 1. The van der Waals surface area contributed by atoms with E-state index in [0.717, 1.165) is 19.3 Å². The molecule has 5 nitrogen and oxygen atoms in total. The van der Waals surface area contributed by atoms with Gasteiger partial charge in [-0.3, -0.25) is 9.59 Å². The molecule has 2 aliphatic rings. The highest BCUT2D eigenvalue weighted by atomic mass is 16.2. The first kappa shape index (κ1) is 13.3. The molecule has 2 fully saturated rings. The van der Waals surface area contributed by atoms with Gasteiger partial charge in [0.05, 0.1) is 0 Å². The molecule has 3 N–H and O–H groups in total. The number of amides is 2. The number of carbonyl (C=O) groups is 2. The first-order valence-corrected chi connectivity index (χ1v) is 6.84. The maximum absolute atomic E-state index is 12.5. The van der Waals surface area contributed by atoms with Gasteiger partial charge < -0.3 is 16.0 Å². The Hall–Kier alpha value is -1.10. The summed E-state index contributed by atoms with van der Waals surface area (Å²) in [7, 11) is 0. The van der Waals surface area contributed by atoms with Crippen LogP contribution in [-0.4, -0.2) is 41.9 Å². The van der Waals surface area contributed by atoms with Crippen molar-refractivity contribution in [2.24, 2.45) is 17.6 Å². The first-order valence-electron chi connectivity index (χ1n) is 6.84. The summed E-state index contributed by atoms with van der Waals surface area (Å²) < 4.78 is 0. The summed E-state index contributed by atoms with van der Waals surface area (Å²) >= 11 is 0. The highest BCUT2D eigenvalue weighted by molar-refractivity contribution is 5.89. The molecule has 1 aliphatic carbocycles. The quantitative estimate of drug-likeness (QED) is 0.696. The molecule has 0 radical (unpaired) electrons. The van der Waals surface area contributed by atoms with E-state index in [4.69, 9.17) is 5.73 Å². The maximum Gasteiger partial charge on any atom is 0.242 e. The van der Waals surface area contributed by atoms with Crippen molar-refractivity contribution in [2.75, 3.05) is 13.1 Å². The Bertz CT molecular complexity index is 345. The van der Waals surface area contributed by atoms with Crippen LogP contribution >= 0.6 is 0 Å². The molecule has 0 bridgehead atoms. The van der Waals surface area contributed by atoms with Gasteiger partial charge in [-0.1, -0.05) is 6.92 Å². The molecule has 1 saturated heterocycles. The molecule has 18 heavy (non-hydrogen) atoms. The lowest BCUT2D eigenvalue weighted by Gasteiger charge is -2.39. The zero-order chi connectivity index (χ0) is 13.3. The van der Waals surface area contributed by atoms with E-state index < -0.39 is 0 Å². The molecule has 0 spiro atoms. The summed E-state index contributed by atoms with van der Waals surface area (Å²) in [5.74, 6) is 0.447. The van der Waals surface area contributed by atoms with E-state index in [-0.39, 0.29) is 29.8 Å². The number of piperazine rings is 1. The Morgan fingerprint density at radius 3 is 2.78 bits per heavy atom. The average molecular weight is 253 g/mol. The van der Waals surface area contributed by atoms with Crippen molar-refractivity contribution in [1.29, 1.82) is 0 Å². The molecule has 0 aromatic carbocycles. The van der Waals surface area contributed by atoms with Crippen molar-refractivity contribution >= 4 is 11.8 Å². The fraction of sp³-hybridized carbons (Fsp3) is 0.846. The highest BCUT2D eigenvalue weighted by Gasteiger charge is 2.37. The predicted molar refractivity (Wildman–Crippen MR) is 68.7 cm³/mol. The Kier molecular flexibility index (Phi) is 3.90. The molecule has 5 heteroatoms. The third kappa shape index (κ3) is 2.51. The van der Waals surface area contributed by atoms with Crippen LogP contribution in [0.1, 0.15) is 33.1 Å². The number of hydrogen-bond donors (Lipinski definition) is 2. The molecular formula is C13H23N3O2. The molecule has 1 aliphatic heterocycles. The molecule has 2 amide bonds. The van der Waals surface area contributed by atoms with Crippen LogP contribution in [0.5, 0.6) is 0 Å². The summed E-state index contributed by atoms with van der Waals surface area (Å²) in [6, 6.07) is -0.111. The molecule has 1 saturated carbocycles. The molecule has 4 unspecified atom stereocenters. The number of nitrogens with one attached hydrogen (secondary N) is 1. The zero-order valence-electron chi connectivity index (χ0n) is 11.2. The second kappa shape index (κ2) is 5.26. The van der Waals surface area contributed by atoms with Gasteiger partial charge >= 0.3 is 0 Å². The Balaban J connectivity index is 2.04. The van der Waals surface area contributed by atoms with Crippen molar-refractivity contribution < 1.29 is 9.59 Å². The molecule has 2 rings (SSSR count). The minimum atomic E-state index is -0.339. The van der Waals surface area contributed by atoms with Crippen LogP contribution in [0, 0.1) is 11.8 Å². The molecule has 102 valence electrons. The molecule has 0 aromatic heterocycles. The van der Waals surface area contributed by atoms with Crippen molar-refractivity contribution in [3.63, 3.8) is 0 Å². The second-order valence-electron chi connectivity index (χ2n) is 5.66. The van der Waals surface area contributed by atoms with Crippen molar-refractivity contribution in [2.45, 2.75) is 45.2 Å². The minimum absolute atomic E-state index is 0.0400. The van der Waals surface area contributed by atoms with E-state index in [9.17, 15) is 9.59 Å². The lowest BCUT2D eigenvalue weighted by Crippen LogP contribution is -2.58. The summed E-state index contributed by atoms with van der Waals surface area (Å²) in [5, 5.41) is 2.78. The van der Waals surface area contributed by atoms with Gasteiger partial charge in [-0.05, 0) is 32.1 Å². The predicted octanol–water partition coefficient (Wildman–Crippen LogP) is 0.0968. The first-order chi connectivity index (χ1) is 8.50. The Morgan fingerprint density at radius 2 is 2.11 bits per heavy atom.